The van der Waals surface area contributed by atoms with Gasteiger partial charge < -0.3 is 0 Å². The summed E-state index contributed by atoms with van der Waals surface area (Å²) in [5.41, 5.74) is 6.22. The molecule has 0 aliphatic rings. The van der Waals surface area contributed by atoms with Crippen molar-refractivity contribution in [3.63, 3.8) is 0 Å². The second-order valence-electron chi connectivity index (χ2n) is 8.18. The van der Waals surface area contributed by atoms with Crippen molar-refractivity contribution >= 4 is 33.4 Å². The summed E-state index contributed by atoms with van der Waals surface area (Å²) in [5.74, 6) is 0. The summed E-state index contributed by atoms with van der Waals surface area (Å²) in [6.45, 7) is 3.84. The molecule has 150 valence electrons. The van der Waals surface area contributed by atoms with Gasteiger partial charge in [0, 0.05) is 21.4 Å². The van der Waals surface area contributed by atoms with Crippen molar-refractivity contribution in [2.45, 2.75) is 19.3 Å². The van der Waals surface area contributed by atoms with E-state index in [9.17, 15) is 5.26 Å². The average Bonchev–Trinajstić information content (AvgIpc) is 3.23. The maximum Gasteiger partial charge on any atom is 0.101 e. The Kier molecular flexibility index (Phi) is 4.50. The lowest BCUT2D eigenvalue weighted by atomic mass is 9.86. The first kappa shape index (κ1) is 19.3. The first-order valence-electron chi connectivity index (χ1n) is 10.0. The number of fused-ring (bicyclic) bond motifs is 3. The van der Waals surface area contributed by atoms with E-state index in [2.05, 4.69) is 33.4 Å². The number of hydrogen-bond donors (Lipinski definition) is 1. The number of halogens is 1. The van der Waals surface area contributed by atoms with Crippen LogP contribution in [-0.4, -0.2) is 15.2 Å². The molecule has 1 N–H and O–H groups in total. The molecule has 0 amide bonds. The Balaban J connectivity index is 1.70. The number of aromatic nitrogens is 3. The standard InChI is InChI=1S/C26H19ClN4/c1-26(2,15-28)19-9-6-16(7-10-19)25-24-21-13-18(17-4-3-5-20(27)12-17)8-11-22(21)29-14-23(24)30-31-25/h3-14H,1-2H3,(H,30,31). The molecule has 5 aromatic rings. The van der Waals surface area contributed by atoms with Gasteiger partial charge in [0.2, 0.25) is 0 Å². The van der Waals surface area contributed by atoms with E-state index >= 15 is 0 Å². The van der Waals surface area contributed by atoms with Crippen LogP contribution in [0.25, 0.3) is 44.2 Å². The third-order valence-electron chi connectivity index (χ3n) is 5.71. The number of nitriles is 1. The monoisotopic (exact) mass is 422 g/mol. The zero-order valence-corrected chi connectivity index (χ0v) is 17.9. The van der Waals surface area contributed by atoms with Crippen molar-refractivity contribution < 1.29 is 0 Å². The number of H-pyrrole nitrogens is 1. The highest BCUT2D eigenvalue weighted by Gasteiger charge is 2.20. The largest absolute Gasteiger partial charge is 0.276 e. The number of pyridine rings is 1. The third-order valence-corrected chi connectivity index (χ3v) is 5.95. The van der Waals surface area contributed by atoms with Gasteiger partial charge >= 0.3 is 0 Å². The molecule has 0 aliphatic heterocycles. The molecule has 0 radical (unpaired) electrons. The molecule has 0 spiro atoms. The van der Waals surface area contributed by atoms with Crippen molar-refractivity contribution in [3.8, 4) is 28.5 Å². The number of rotatable bonds is 3. The Morgan fingerprint density at radius 1 is 0.935 bits per heavy atom. The Bertz CT molecular complexity index is 1470. The van der Waals surface area contributed by atoms with Gasteiger partial charge in [-0.2, -0.15) is 10.4 Å². The van der Waals surface area contributed by atoms with Gasteiger partial charge in [-0.15, -0.1) is 0 Å². The normalized spacial score (nSPS) is 11.7. The van der Waals surface area contributed by atoms with Crippen LogP contribution in [0, 0.1) is 11.3 Å². The lowest BCUT2D eigenvalue weighted by molar-refractivity contribution is 0.687. The Labute approximate surface area is 185 Å². The molecule has 0 fully saturated rings. The zero-order chi connectivity index (χ0) is 21.6. The first-order chi connectivity index (χ1) is 15.0. The zero-order valence-electron chi connectivity index (χ0n) is 17.1. The molecule has 3 aromatic carbocycles. The van der Waals surface area contributed by atoms with Crippen LogP contribution in [0.2, 0.25) is 5.02 Å². The maximum atomic E-state index is 9.41. The average molecular weight is 423 g/mol. The van der Waals surface area contributed by atoms with Crippen molar-refractivity contribution in [1.82, 2.24) is 15.2 Å². The van der Waals surface area contributed by atoms with Crippen LogP contribution in [0.1, 0.15) is 19.4 Å². The first-order valence-corrected chi connectivity index (χ1v) is 10.4. The quantitative estimate of drug-likeness (QED) is 0.344. The van der Waals surface area contributed by atoms with Gasteiger partial charge in [-0.1, -0.05) is 54.1 Å². The van der Waals surface area contributed by atoms with Gasteiger partial charge in [0.25, 0.3) is 0 Å². The predicted octanol–water partition coefficient (Wildman–Crippen LogP) is 6.90. The maximum absolute atomic E-state index is 9.41. The van der Waals surface area contributed by atoms with E-state index in [0.717, 1.165) is 49.8 Å². The molecule has 0 bridgehead atoms. The second-order valence-corrected chi connectivity index (χ2v) is 8.61. The molecule has 5 rings (SSSR count). The molecule has 31 heavy (non-hydrogen) atoms. The molecule has 0 unspecified atom stereocenters. The third kappa shape index (κ3) is 3.34. The summed E-state index contributed by atoms with van der Waals surface area (Å²) in [7, 11) is 0. The highest BCUT2D eigenvalue weighted by atomic mass is 35.5. The number of benzene rings is 3. The topological polar surface area (TPSA) is 65.4 Å². The fraction of sp³-hybridized carbons (Fsp3) is 0.115. The number of hydrogen-bond acceptors (Lipinski definition) is 3. The van der Waals surface area contributed by atoms with Crippen molar-refractivity contribution in [1.29, 1.82) is 5.26 Å². The summed E-state index contributed by atoms with van der Waals surface area (Å²) < 4.78 is 0. The molecule has 2 heterocycles. The van der Waals surface area contributed by atoms with Crippen LogP contribution in [0.5, 0.6) is 0 Å². The summed E-state index contributed by atoms with van der Waals surface area (Å²) >= 11 is 6.20. The second kappa shape index (κ2) is 7.23. The Hall–Kier alpha value is -3.68. The minimum atomic E-state index is -0.533. The van der Waals surface area contributed by atoms with E-state index in [-0.39, 0.29) is 0 Å². The lowest BCUT2D eigenvalue weighted by Gasteiger charge is -2.15. The van der Waals surface area contributed by atoms with Crippen molar-refractivity contribution in [2.24, 2.45) is 0 Å². The molecule has 0 atom stereocenters. The van der Waals surface area contributed by atoms with Crippen LogP contribution in [-0.2, 0) is 5.41 Å². The molecule has 0 saturated carbocycles. The molecule has 2 aromatic heterocycles. The van der Waals surface area contributed by atoms with Crippen LogP contribution in [0.3, 0.4) is 0 Å². The van der Waals surface area contributed by atoms with Gasteiger partial charge in [-0.25, -0.2) is 0 Å². The van der Waals surface area contributed by atoms with E-state index < -0.39 is 5.41 Å². The van der Waals surface area contributed by atoms with Gasteiger partial charge in [-0.05, 0) is 54.8 Å². The molecule has 0 aliphatic carbocycles. The number of aromatic amines is 1. The SMILES string of the molecule is CC(C)(C#N)c1ccc(-c2n[nH]c3cnc4ccc(-c5cccc(Cl)c5)cc4c23)cc1. The van der Waals surface area contributed by atoms with Gasteiger partial charge in [0.15, 0.2) is 0 Å². The highest BCUT2D eigenvalue weighted by Crippen LogP contribution is 2.35. The van der Waals surface area contributed by atoms with E-state index in [0.29, 0.717) is 5.02 Å². The fourth-order valence-corrected chi connectivity index (χ4v) is 4.06. The summed E-state index contributed by atoms with van der Waals surface area (Å²) in [4.78, 5) is 4.59. The van der Waals surface area contributed by atoms with Gasteiger partial charge in [0.1, 0.15) is 5.69 Å². The highest BCUT2D eigenvalue weighted by molar-refractivity contribution is 6.30. The van der Waals surface area contributed by atoms with Crippen LogP contribution in [0.15, 0.2) is 72.9 Å². The van der Waals surface area contributed by atoms with Crippen LogP contribution >= 0.6 is 11.6 Å². The predicted molar refractivity (Wildman–Crippen MR) is 126 cm³/mol. The smallest absolute Gasteiger partial charge is 0.101 e. The number of nitrogens with one attached hydrogen (secondary N) is 1. The summed E-state index contributed by atoms with van der Waals surface area (Å²) in [5, 5.41) is 19.9. The summed E-state index contributed by atoms with van der Waals surface area (Å²) in [6, 6.07) is 24.5. The van der Waals surface area contributed by atoms with Crippen LogP contribution < -0.4 is 0 Å². The Morgan fingerprint density at radius 3 is 2.42 bits per heavy atom. The Morgan fingerprint density at radius 2 is 1.68 bits per heavy atom. The van der Waals surface area contributed by atoms with E-state index in [1.165, 1.54) is 0 Å². The van der Waals surface area contributed by atoms with Crippen LogP contribution in [0.4, 0.5) is 0 Å². The van der Waals surface area contributed by atoms with Crippen molar-refractivity contribution in [2.75, 3.05) is 0 Å². The summed E-state index contributed by atoms with van der Waals surface area (Å²) in [6.07, 6.45) is 1.82. The van der Waals surface area contributed by atoms with E-state index in [4.69, 9.17) is 11.6 Å². The van der Waals surface area contributed by atoms with Crippen molar-refractivity contribution in [3.05, 3.63) is 83.5 Å². The van der Waals surface area contributed by atoms with Gasteiger partial charge in [0.05, 0.1) is 28.7 Å². The van der Waals surface area contributed by atoms with E-state index in [1.54, 1.807) is 0 Å². The molecular formula is C26H19ClN4. The molecule has 4 nitrogen and oxygen atoms in total. The minimum absolute atomic E-state index is 0.533. The number of nitrogens with zero attached hydrogens (tertiary/aromatic N) is 3. The van der Waals surface area contributed by atoms with Gasteiger partial charge in [-0.3, -0.25) is 10.1 Å². The van der Waals surface area contributed by atoms with E-state index in [1.807, 2.05) is 74.6 Å². The lowest BCUT2D eigenvalue weighted by Crippen LogP contribution is -2.13. The molecule has 0 saturated heterocycles. The fourth-order valence-electron chi connectivity index (χ4n) is 3.87. The minimum Gasteiger partial charge on any atom is -0.276 e. The molecule has 5 heteroatoms. The molecular weight excluding hydrogens is 404 g/mol.